The first-order valence-corrected chi connectivity index (χ1v) is 10.4. The van der Waals surface area contributed by atoms with E-state index >= 15 is 0 Å². The summed E-state index contributed by atoms with van der Waals surface area (Å²) in [6, 6.07) is 11.0. The van der Waals surface area contributed by atoms with Crippen LogP contribution in [0.4, 0.5) is 0 Å². The number of rotatable bonds is 3. The van der Waals surface area contributed by atoms with Crippen LogP contribution in [-0.4, -0.2) is 36.4 Å². The van der Waals surface area contributed by atoms with Crippen LogP contribution in [-0.2, 0) is 0 Å². The molecule has 2 heteroatoms. The van der Waals surface area contributed by atoms with Gasteiger partial charge < -0.3 is 0 Å². The average molecular weight is 230 g/mol. The van der Waals surface area contributed by atoms with Crippen molar-refractivity contribution in [3.05, 3.63) is 30.3 Å². The zero-order chi connectivity index (χ0) is 10.8. The molecule has 0 atom stereocenters. The van der Waals surface area contributed by atoms with Crippen molar-refractivity contribution in [1.82, 2.24) is 0 Å². The van der Waals surface area contributed by atoms with E-state index in [4.69, 9.17) is 0 Å². The summed E-state index contributed by atoms with van der Waals surface area (Å²) in [5.41, 5.74) is 0. The maximum atomic E-state index is 2.43. The second-order valence-electron chi connectivity index (χ2n) is 5.06. The lowest BCUT2D eigenvalue weighted by atomic mass is 10.4. The Bertz CT molecular complexity index is 283. The molecule has 0 bridgehead atoms. The molecule has 0 fully saturated rings. The van der Waals surface area contributed by atoms with Gasteiger partial charge in [0.2, 0.25) is 0 Å². The largest absolute Gasteiger partial charge is 0.242 e. The molecule has 0 aromatic heterocycles. The van der Waals surface area contributed by atoms with E-state index in [9.17, 15) is 0 Å². The molecule has 0 N–H and O–H groups in total. The fourth-order valence-corrected chi connectivity index (χ4v) is 10.3. The minimum Gasteiger partial charge on any atom is -0.242 e. The molecule has 0 aliphatic rings. The van der Waals surface area contributed by atoms with Crippen LogP contribution in [0.25, 0.3) is 0 Å². The Labute approximate surface area is 91.7 Å². The summed E-state index contributed by atoms with van der Waals surface area (Å²) < 4.78 is 0. The highest BCUT2D eigenvalue weighted by Gasteiger charge is 2.19. The molecule has 0 saturated heterocycles. The van der Waals surface area contributed by atoms with Crippen LogP contribution in [0.5, 0.6) is 0 Å². The van der Waals surface area contributed by atoms with Crippen LogP contribution < -0.4 is 0 Å². The second-order valence-corrected chi connectivity index (χ2v) is 13.7. The summed E-state index contributed by atoms with van der Waals surface area (Å²) in [5.74, 6) is 0. The molecule has 1 rings (SSSR count). The Morgan fingerprint density at radius 1 is 0.857 bits per heavy atom. The molecule has 0 radical (unpaired) electrons. The third-order valence-electron chi connectivity index (χ3n) is 2.03. The van der Waals surface area contributed by atoms with Gasteiger partial charge in [-0.2, -0.15) is 0 Å². The van der Waals surface area contributed by atoms with Crippen molar-refractivity contribution in [2.75, 3.05) is 36.4 Å². The van der Waals surface area contributed by atoms with Crippen molar-refractivity contribution in [1.29, 1.82) is 0 Å². The van der Waals surface area contributed by atoms with Crippen LogP contribution >= 0.6 is 20.1 Å². The van der Waals surface area contributed by atoms with Gasteiger partial charge in [0.1, 0.15) is 0 Å². The zero-order valence-corrected chi connectivity index (χ0v) is 11.5. The first-order valence-electron chi connectivity index (χ1n) is 4.73. The Morgan fingerprint density at radius 3 is 1.79 bits per heavy atom. The van der Waals surface area contributed by atoms with Crippen LogP contribution in [0.2, 0.25) is 0 Å². The average Bonchev–Trinajstić information content (AvgIpc) is 2.01. The number of benzene rings is 1. The lowest BCUT2D eigenvalue weighted by Gasteiger charge is -2.40. The molecule has 0 nitrogen and oxygen atoms in total. The Balaban J connectivity index is 2.86. The number of hydrogen-bond donors (Lipinski definition) is 0. The van der Waals surface area contributed by atoms with Gasteiger partial charge in [-0.25, -0.2) is 20.1 Å². The van der Waals surface area contributed by atoms with Gasteiger partial charge in [0.15, 0.2) is 0 Å². The molecule has 0 amide bonds. The predicted molar refractivity (Wildman–Crippen MR) is 74.4 cm³/mol. The van der Waals surface area contributed by atoms with Gasteiger partial charge in [-0.05, 0) is 36.2 Å². The zero-order valence-electron chi connectivity index (χ0n) is 9.91. The molecule has 14 heavy (non-hydrogen) atoms. The van der Waals surface area contributed by atoms with Crippen LogP contribution in [0, 0.1) is 0 Å². The Kier molecular flexibility index (Phi) is 3.59. The summed E-state index contributed by atoms with van der Waals surface area (Å²) in [4.78, 5) is 1.54. The Hall–Kier alpha value is -0.0800. The molecular weight excluding hydrogens is 208 g/mol. The molecular formula is C12H22S2. The minimum atomic E-state index is -0.581. The van der Waals surface area contributed by atoms with Gasteiger partial charge in [-0.1, -0.05) is 30.3 Å². The fourth-order valence-electron chi connectivity index (χ4n) is 1.74. The van der Waals surface area contributed by atoms with E-state index < -0.39 is 20.1 Å². The van der Waals surface area contributed by atoms with Crippen molar-refractivity contribution in [3.63, 3.8) is 0 Å². The maximum Gasteiger partial charge on any atom is 0.0104 e. The summed E-state index contributed by atoms with van der Waals surface area (Å²) in [6.07, 6.45) is 12.1. The molecule has 0 aliphatic heterocycles. The summed E-state index contributed by atoms with van der Waals surface area (Å²) in [7, 11) is -0.974. The minimum absolute atomic E-state index is 0.393. The fraction of sp³-hybridized carbons (Fsp3) is 0.500. The highest BCUT2D eigenvalue weighted by molar-refractivity contribution is 8.47. The molecule has 0 spiro atoms. The van der Waals surface area contributed by atoms with E-state index in [1.807, 2.05) is 0 Å². The predicted octanol–water partition coefficient (Wildman–Crippen LogP) is 3.76. The van der Waals surface area contributed by atoms with E-state index in [2.05, 4.69) is 61.6 Å². The molecule has 0 aliphatic carbocycles. The summed E-state index contributed by atoms with van der Waals surface area (Å²) >= 11 is 0. The van der Waals surface area contributed by atoms with Crippen LogP contribution in [0.15, 0.2) is 35.2 Å². The molecule has 1 aromatic carbocycles. The molecule has 1 aromatic rings. The van der Waals surface area contributed by atoms with Crippen molar-refractivity contribution in [3.8, 4) is 0 Å². The van der Waals surface area contributed by atoms with Crippen LogP contribution in [0.3, 0.4) is 0 Å². The van der Waals surface area contributed by atoms with Gasteiger partial charge in [0, 0.05) is 5.08 Å². The lowest BCUT2D eigenvalue weighted by molar-refractivity contribution is 1.43. The first kappa shape index (κ1) is 12.0. The molecule has 0 heterocycles. The van der Waals surface area contributed by atoms with Gasteiger partial charge in [0.05, 0.1) is 0 Å². The van der Waals surface area contributed by atoms with Crippen molar-refractivity contribution in [2.24, 2.45) is 0 Å². The van der Waals surface area contributed by atoms with Gasteiger partial charge in [-0.3, -0.25) is 0 Å². The van der Waals surface area contributed by atoms with E-state index in [1.54, 1.807) is 4.90 Å². The van der Waals surface area contributed by atoms with Gasteiger partial charge >= 0.3 is 0 Å². The van der Waals surface area contributed by atoms with E-state index in [0.29, 0.717) is 0 Å². The second kappa shape index (κ2) is 4.19. The monoisotopic (exact) mass is 230 g/mol. The standard InChI is InChI=1S/C12H22S2/c1-13(2,3)11-14(4,5)12-9-7-6-8-10-12/h6-10H,11H2,1-5H3. The normalized spacial score (nSPS) is 15.2. The SMILES string of the molecule is CS(C)(C)CS(C)(C)c1ccccc1. The summed E-state index contributed by atoms with van der Waals surface area (Å²) in [6.45, 7) is 0. The highest BCUT2D eigenvalue weighted by Crippen LogP contribution is 2.58. The lowest BCUT2D eigenvalue weighted by Crippen LogP contribution is -2.08. The topological polar surface area (TPSA) is 0 Å². The molecule has 0 unspecified atom stereocenters. The smallest absolute Gasteiger partial charge is 0.0104 e. The van der Waals surface area contributed by atoms with Gasteiger partial charge in [0.25, 0.3) is 0 Å². The Morgan fingerprint density at radius 2 is 1.36 bits per heavy atom. The molecule has 82 valence electrons. The third kappa shape index (κ3) is 3.58. The van der Waals surface area contributed by atoms with E-state index in [-0.39, 0.29) is 0 Å². The van der Waals surface area contributed by atoms with Crippen molar-refractivity contribution < 1.29 is 0 Å². The first-order chi connectivity index (χ1) is 6.31. The van der Waals surface area contributed by atoms with Crippen molar-refractivity contribution >= 4 is 20.1 Å². The summed E-state index contributed by atoms with van der Waals surface area (Å²) in [5, 5.41) is 1.38. The highest BCUT2D eigenvalue weighted by atomic mass is 32.3. The van der Waals surface area contributed by atoms with Crippen molar-refractivity contribution in [2.45, 2.75) is 4.90 Å². The van der Waals surface area contributed by atoms with E-state index in [0.717, 1.165) is 0 Å². The van der Waals surface area contributed by atoms with Gasteiger partial charge in [-0.15, -0.1) is 0 Å². The third-order valence-corrected chi connectivity index (χ3v) is 8.76. The molecule has 0 saturated carbocycles. The number of hydrogen-bond acceptors (Lipinski definition) is 0. The van der Waals surface area contributed by atoms with Crippen LogP contribution in [0.1, 0.15) is 0 Å². The maximum absolute atomic E-state index is 2.43. The van der Waals surface area contributed by atoms with E-state index in [1.165, 1.54) is 5.08 Å². The quantitative estimate of drug-likeness (QED) is 0.742.